The van der Waals surface area contributed by atoms with Crippen LogP contribution in [0.25, 0.3) is 21.3 Å². The van der Waals surface area contributed by atoms with Gasteiger partial charge in [-0.15, -0.1) is 11.3 Å². The smallest absolute Gasteiger partial charge is 0.131 e. The summed E-state index contributed by atoms with van der Waals surface area (Å²) in [5.74, 6) is -0.189. The van der Waals surface area contributed by atoms with Crippen molar-refractivity contribution in [2.75, 3.05) is 0 Å². The highest BCUT2D eigenvalue weighted by Crippen LogP contribution is 2.27. The molecule has 1 aromatic heterocycles. The first-order valence-electron chi connectivity index (χ1n) is 4.93. The van der Waals surface area contributed by atoms with Crippen LogP contribution in [0, 0.1) is 5.82 Å². The third kappa shape index (κ3) is 1.49. The number of halogens is 1. The van der Waals surface area contributed by atoms with Crippen LogP contribution in [0.2, 0.25) is 0 Å². The summed E-state index contributed by atoms with van der Waals surface area (Å²) in [6, 6.07) is 12.6. The third-order valence-electron chi connectivity index (χ3n) is 2.52. The van der Waals surface area contributed by atoms with Crippen LogP contribution in [0.15, 0.2) is 48.0 Å². The maximum absolute atomic E-state index is 13.6. The van der Waals surface area contributed by atoms with Crippen molar-refractivity contribution >= 4 is 21.6 Å². The van der Waals surface area contributed by atoms with Crippen LogP contribution < -0.4 is 0 Å². The average Bonchev–Trinajstić information content (AvgIpc) is 2.76. The second-order valence-corrected chi connectivity index (χ2v) is 4.40. The molecular weight excluding hydrogens is 221 g/mol. The number of hydrogen-bond acceptors (Lipinski definition) is 2. The molecule has 3 heteroatoms. The zero-order valence-electron chi connectivity index (χ0n) is 8.35. The van der Waals surface area contributed by atoms with E-state index in [-0.39, 0.29) is 5.82 Å². The van der Waals surface area contributed by atoms with Crippen LogP contribution in [0.4, 0.5) is 4.39 Å². The van der Waals surface area contributed by atoms with Gasteiger partial charge in [0.1, 0.15) is 5.82 Å². The van der Waals surface area contributed by atoms with Gasteiger partial charge in [-0.05, 0) is 23.8 Å². The van der Waals surface area contributed by atoms with E-state index in [1.165, 1.54) is 6.07 Å². The van der Waals surface area contributed by atoms with E-state index in [1.807, 2.05) is 24.3 Å². The Hall–Kier alpha value is -1.74. The van der Waals surface area contributed by atoms with Crippen LogP contribution in [0.3, 0.4) is 0 Å². The van der Waals surface area contributed by atoms with Crippen molar-refractivity contribution in [3.8, 4) is 11.1 Å². The fourth-order valence-corrected chi connectivity index (χ4v) is 2.43. The van der Waals surface area contributed by atoms with Crippen molar-refractivity contribution in [3.63, 3.8) is 0 Å². The molecule has 16 heavy (non-hydrogen) atoms. The van der Waals surface area contributed by atoms with Crippen molar-refractivity contribution in [2.24, 2.45) is 0 Å². The highest BCUT2D eigenvalue weighted by Gasteiger charge is 2.05. The van der Waals surface area contributed by atoms with Gasteiger partial charge in [-0.3, -0.25) is 0 Å². The highest BCUT2D eigenvalue weighted by atomic mass is 32.1. The molecule has 0 atom stereocenters. The average molecular weight is 229 g/mol. The van der Waals surface area contributed by atoms with Crippen molar-refractivity contribution in [2.45, 2.75) is 0 Å². The molecule has 0 N–H and O–H groups in total. The molecule has 2 aromatic carbocycles. The summed E-state index contributed by atoms with van der Waals surface area (Å²) >= 11 is 1.57. The van der Waals surface area contributed by atoms with E-state index in [1.54, 1.807) is 29.0 Å². The molecule has 0 aliphatic carbocycles. The Balaban J connectivity index is 2.22. The van der Waals surface area contributed by atoms with Crippen molar-refractivity contribution in [1.82, 2.24) is 4.98 Å². The lowest BCUT2D eigenvalue weighted by atomic mass is 10.1. The van der Waals surface area contributed by atoms with Crippen LogP contribution in [0.1, 0.15) is 0 Å². The van der Waals surface area contributed by atoms with E-state index in [0.717, 1.165) is 15.8 Å². The standard InChI is InChI=1S/C13H8FNS/c14-11-4-2-1-3-10(11)9-5-6-12-13(7-9)16-8-15-12/h1-8H. The molecule has 3 rings (SSSR count). The predicted octanol–water partition coefficient (Wildman–Crippen LogP) is 4.10. The molecule has 0 unspecified atom stereocenters. The maximum atomic E-state index is 13.6. The molecule has 0 saturated heterocycles. The zero-order chi connectivity index (χ0) is 11.0. The highest BCUT2D eigenvalue weighted by molar-refractivity contribution is 7.16. The Bertz CT molecular complexity index is 645. The van der Waals surface area contributed by atoms with Crippen LogP contribution >= 0.6 is 11.3 Å². The van der Waals surface area contributed by atoms with Gasteiger partial charge in [-0.1, -0.05) is 24.3 Å². The Morgan fingerprint density at radius 1 is 1.06 bits per heavy atom. The van der Waals surface area contributed by atoms with Gasteiger partial charge in [-0.2, -0.15) is 0 Å². The summed E-state index contributed by atoms with van der Waals surface area (Å²) in [5.41, 5.74) is 4.30. The quantitative estimate of drug-likeness (QED) is 0.612. The molecule has 78 valence electrons. The SMILES string of the molecule is Fc1ccccc1-c1ccc2ncsc2c1. The normalized spacial score (nSPS) is 10.8. The molecule has 0 bridgehead atoms. The molecule has 0 radical (unpaired) electrons. The summed E-state index contributed by atoms with van der Waals surface area (Å²) in [7, 11) is 0. The third-order valence-corrected chi connectivity index (χ3v) is 3.31. The summed E-state index contributed by atoms with van der Waals surface area (Å²) in [5, 5.41) is 0. The minimum atomic E-state index is -0.189. The molecule has 0 spiro atoms. The Morgan fingerprint density at radius 3 is 2.81 bits per heavy atom. The summed E-state index contributed by atoms with van der Waals surface area (Å²) in [6.07, 6.45) is 0. The first-order chi connectivity index (χ1) is 7.84. The first-order valence-corrected chi connectivity index (χ1v) is 5.81. The molecule has 1 nitrogen and oxygen atoms in total. The number of nitrogens with zero attached hydrogens (tertiary/aromatic N) is 1. The number of aromatic nitrogens is 1. The Kier molecular flexibility index (Phi) is 2.18. The molecule has 0 aliphatic heterocycles. The monoisotopic (exact) mass is 229 g/mol. The molecule has 0 fully saturated rings. The van der Waals surface area contributed by atoms with Crippen LogP contribution in [-0.2, 0) is 0 Å². The lowest BCUT2D eigenvalue weighted by Crippen LogP contribution is -1.82. The number of hydrogen-bond donors (Lipinski definition) is 0. The fourth-order valence-electron chi connectivity index (χ4n) is 1.72. The van der Waals surface area contributed by atoms with Gasteiger partial charge in [0.05, 0.1) is 15.7 Å². The van der Waals surface area contributed by atoms with Crippen molar-refractivity contribution < 1.29 is 4.39 Å². The molecule has 0 saturated carbocycles. The number of thiazole rings is 1. The van der Waals surface area contributed by atoms with Gasteiger partial charge in [-0.25, -0.2) is 9.37 Å². The molecular formula is C13H8FNS. The minimum Gasteiger partial charge on any atom is -0.245 e. The summed E-state index contributed by atoms with van der Waals surface area (Å²) in [4.78, 5) is 4.20. The van der Waals surface area contributed by atoms with E-state index < -0.39 is 0 Å². The van der Waals surface area contributed by atoms with E-state index in [9.17, 15) is 4.39 Å². The Labute approximate surface area is 96.2 Å². The lowest BCUT2D eigenvalue weighted by molar-refractivity contribution is 0.631. The van der Waals surface area contributed by atoms with Gasteiger partial charge in [0.15, 0.2) is 0 Å². The van der Waals surface area contributed by atoms with E-state index >= 15 is 0 Å². The van der Waals surface area contributed by atoms with Crippen molar-refractivity contribution in [3.05, 3.63) is 53.8 Å². The van der Waals surface area contributed by atoms with E-state index in [2.05, 4.69) is 4.98 Å². The predicted molar refractivity (Wildman–Crippen MR) is 65.0 cm³/mol. The van der Waals surface area contributed by atoms with Crippen LogP contribution in [0.5, 0.6) is 0 Å². The number of benzene rings is 2. The van der Waals surface area contributed by atoms with E-state index in [4.69, 9.17) is 0 Å². The van der Waals surface area contributed by atoms with Crippen LogP contribution in [-0.4, -0.2) is 4.98 Å². The largest absolute Gasteiger partial charge is 0.245 e. The fraction of sp³-hybridized carbons (Fsp3) is 0. The minimum absolute atomic E-state index is 0.189. The molecule has 0 amide bonds. The van der Waals surface area contributed by atoms with E-state index in [0.29, 0.717) is 5.56 Å². The number of rotatable bonds is 1. The second-order valence-electron chi connectivity index (χ2n) is 3.51. The van der Waals surface area contributed by atoms with Crippen molar-refractivity contribution in [1.29, 1.82) is 0 Å². The molecule has 0 aliphatic rings. The van der Waals surface area contributed by atoms with Gasteiger partial charge in [0, 0.05) is 5.56 Å². The van der Waals surface area contributed by atoms with Gasteiger partial charge in [0.25, 0.3) is 0 Å². The topological polar surface area (TPSA) is 12.9 Å². The maximum Gasteiger partial charge on any atom is 0.131 e. The van der Waals surface area contributed by atoms with Gasteiger partial charge < -0.3 is 0 Å². The second kappa shape index (κ2) is 3.68. The lowest BCUT2D eigenvalue weighted by Gasteiger charge is -2.02. The van der Waals surface area contributed by atoms with Gasteiger partial charge >= 0.3 is 0 Å². The molecule has 3 aromatic rings. The summed E-state index contributed by atoms with van der Waals surface area (Å²) < 4.78 is 14.7. The Morgan fingerprint density at radius 2 is 1.94 bits per heavy atom. The van der Waals surface area contributed by atoms with Gasteiger partial charge in [0.2, 0.25) is 0 Å². The summed E-state index contributed by atoms with van der Waals surface area (Å²) in [6.45, 7) is 0. The molecule has 1 heterocycles. The number of fused-ring (bicyclic) bond motifs is 1. The first kappa shape index (κ1) is 9.48. The zero-order valence-corrected chi connectivity index (χ0v) is 9.17.